The summed E-state index contributed by atoms with van der Waals surface area (Å²) in [6, 6.07) is 2.18. The van der Waals surface area contributed by atoms with Crippen LogP contribution in [0.5, 0.6) is 0 Å². The van der Waals surface area contributed by atoms with Crippen LogP contribution in [-0.2, 0) is 0 Å². The third-order valence-corrected chi connectivity index (χ3v) is 3.83. The van der Waals surface area contributed by atoms with Gasteiger partial charge >= 0.3 is 0 Å². The molecule has 0 aromatic carbocycles. The van der Waals surface area contributed by atoms with E-state index in [1.807, 2.05) is 18.4 Å². The number of thiophene rings is 1. The van der Waals surface area contributed by atoms with Crippen molar-refractivity contribution in [1.82, 2.24) is 20.3 Å². The molecule has 88 valence electrons. The first-order valence-electron chi connectivity index (χ1n) is 5.47. The highest BCUT2D eigenvalue weighted by Crippen LogP contribution is 2.19. The lowest BCUT2D eigenvalue weighted by atomic mass is 10.1. The fraction of sp³-hybridized carbons (Fsp3) is 0.364. The number of carbonyl (C=O) groups excluding carboxylic acids is 1. The molecule has 1 aliphatic rings. The lowest BCUT2D eigenvalue weighted by Gasteiger charge is -2.26. The molecule has 17 heavy (non-hydrogen) atoms. The highest BCUT2D eigenvalue weighted by atomic mass is 32.1. The average Bonchev–Trinajstić information content (AvgIpc) is 2.84. The molecule has 0 saturated carbocycles. The van der Waals surface area contributed by atoms with Crippen LogP contribution >= 0.6 is 11.3 Å². The number of carbonyl (C=O) groups is 1. The normalized spacial score (nSPS) is 15.8. The average molecular weight is 248 g/mol. The van der Waals surface area contributed by atoms with Crippen LogP contribution in [0, 0.1) is 6.92 Å². The second-order valence-corrected chi connectivity index (χ2v) is 5.24. The highest BCUT2D eigenvalue weighted by Gasteiger charge is 2.22. The Balaban J connectivity index is 1.86. The van der Waals surface area contributed by atoms with Crippen LogP contribution in [0.3, 0.4) is 0 Å². The maximum absolute atomic E-state index is 12.1. The van der Waals surface area contributed by atoms with Gasteiger partial charge in [-0.1, -0.05) is 5.21 Å². The molecule has 0 unspecified atom stereocenters. The van der Waals surface area contributed by atoms with Crippen molar-refractivity contribution in [3.63, 3.8) is 0 Å². The monoisotopic (exact) mass is 248 g/mol. The molecular formula is C11H12N4OS. The largest absolute Gasteiger partial charge is 0.312 e. The highest BCUT2D eigenvalue weighted by molar-refractivity contribution is 7.10. The van der Waals surface area contributed by atoms with Crippen molar-refractivity contribution < 1.29 is 4.79 Å². The summed E-state index contributed by atoms with van der Waals surface area (Å²) in [5.74, 6) is -0.0396. The fourth-order valence-electron chi connectivity index (χ4n) is 1.78. The number of rotatable bonds is 3. The number of hydrogen-bond acceptors (Lipinski definition) is 5. The van der Waals surface area contributed by atoms with Gasteiger partial charge in [0.25, 0.3) is 0 Å². The number of nitrogens with one attached hydrogen (secondary N) is 1. The van der Waals surface area contributed by atoms with E-state index in [1.165, 1.54) is 0 Å². The lowest BCUT2D eigenvalue weighted by Crippen LogP contribution is -2.43. The molecule has 6 heteroatoms. The summed E-state index contributed by atoms with van der Waals surface area (Å²) in [5.41, 5.74) is 1.16. The van der Waals surface area contributed by atoms with Gasteiger partial charge in [0.05, 0.1) is 12.2 Å². The summed E-state index contributed by atoms with van der Waals surface area (Å²) < 4.78 is 1.77. The van der Waals surface area contributed by atoms with Gasteiger partial charge in [-0.15, -0.1) is 16.4 Å². The summed E-state index contributed by atoms with van der Waals surface area (Å²) in [4.78, 5) is 13.2. The Kier molecular flexibility index (Phi) is 2.53. The van der Waals surface area contributed by atoms with E-state index in [9.17, 15) is 4.79 Å². The predicted molar refractivity (Wildman–Crippen MR) is 64.4 cm³/mol. The van der Waals surface area contributed by atoms with Gasteiger partial charge in [-0.2, -0.15) is 0 Å². The van der Waals surface area contributed by atoms with Crippen molar-refractivity contribution in [1.29, 1.82) is 0 Å². The number of aromatic nitrogens is 3. The summed E-state index contributed by atoms with van der Waals surface area (Å²) in [6.45, 7) is 3.74. The van der Waals surface area contributed by atoms with Gasteiger partial charge in [0.2, 0.25) is 5.78 Å². The first-order chi connectivity index (χ1) is 8.25. The van der Waals surface area contributed by atoms with Gasteiger partial charge in [0, 0.05) is 23.5 Å². The second kappa shape index (κ2) is 4.05. The summed E-state index contributed by atoms with van der Waals surface area (Å²) >= 11 is 1.57. The van der Waals surface area contributed by atoms with Crippen LogP contribution in [0.2, 0.25) is 0 Å². The Labute approximate surface area is 102 Å². The Morgan fingerprint density at radius 2 is 2.41 bits per heavy atom. The van der Waals surface area contributed by atoms with E-state index in [0.717, 1.165) is 23.5 Å². The van der Waals surface area contributed by atoms with Crippen LogP contribution in [0.25, 0.3) is 0 Å². The molecule has 1 aliphatic heterocycles. The van der Waals surface area contributed by atoms with Gasteiger partial charge in [-0.25, -0.2) is 4.68 Å². The van der Waals surface area contributed by atoms with Crippen molar-refractivity contribution in [2.75, 3.05) is 13.1 Å². The van der Waals surface area contributed by atoms with Crippen molar-refractivity contribution in [2.45, 2.75) is 13.0 Å². The molecular weight excluding hydrogens is 236 g/mol. The summed E-state index contributed by atoms with van der Waals surface area (Å²) in [5, 5.41) is 13.0. The Bertz CT molecular complexity index is 555. The van der Waals surface area contributed by atoms with E-state index in [-0.39, 0.29) is 5.78 Å². The van der Waals surface area contributed by atoms with Gasteiger partial charge < -0.3 is 5.32 Å². The minimum atomic E-state index is -0.0396. The first-order valence-corrected chi connectivity index (χ1v) is 6.35. The number of ketones is 1. The minimum absolute atomic E-state index is 0.0396. The third kappa shape index (κ3) is 1.79. The van der Waals surface area contributed by atoms with Crippen molar-refractivity contribution >= 4 is 17.1 Å². The zero-order valence-corrected chi connectivity index (χ0v) is 10.2. The molecule has 3 rings (SSSR count). The molecule has 1 saturated heterocycles. The second-order valence-electron chi connectivity index (χ2n) is 4.12. The van der Waals surface area contributed by atoms with Crippen LogP contribution in [-0.4, -0.2) is 33.9 Å². The van der Waals surface area contributed by atoms with E-state index in [2.05, 4.69) is 15.6 Å². The zero-order valence-electron chi connectivity index (χ0n) is 9.38. The SMILES string of the molecule is Cc1sccc1C(=O)c1cn(C2CNC2)nn1. The van der Waals surface area contributed by atoms with E-state index >= 15 is 0 Å². The van der Waals surface area contributed by atoms with E-state index in [1.54, 1.807) is 22.2 Å². The number of nitrogens with zero attached hydrogens (tertiary/aromatic N) is 3. The maximum atomic E-state index is 12.1. The van der Waals surface area contributed by atoms with E-state index in [0.29, 0.717) is 11.7 Å². The molecule has 0 atom stereocenters. The molecule has 0 bridgehead atoms. The molecule has 2 aromatic heterocycles. The van der Waals surface area contributed by atoms with Gasteiger partial charge in [-0.3, -0.25) is 4.79 Å². The van der Waals surface area contributed by atoms with Crippen molar-refractivity contribution in [2.24, 2.45) is 0 Å². The zero-order chi connectivity index (χ0) is 11.8. The molecule has 0 radical (unpaired) electrons. The topological polar surface area (TPSA) is 59.8 Å². The smallest absolute Gasteiger partial charge is 0.215 e. The first kappa shape index (κ1) is 10.6. The summed E-state index contributed by atoms with van der Waals surface area (Å²) in [7, 11) is 0. The third-order valence-electron chi connectivity index (χ3n) is 2.98. The van der Waals surface area contributed by atoms with E-state index in [4.69, 9.17) is 0 Å². The molecule has 5 nitrogen and oxygen atoms in total. The fourth-order valence-corrected chi connectivity index (χ4v) is 2.47. The molecule has 2 aromatic rings. The van der Waals surface area contributed by atoms with Crippen LogP contribution < -0.4 is 5.32 Å². The Morgan fingerprint density at radius 1 is 1.59 bits per heavy atom. The number of hydrogen-bond donors (Lipinski definition) is 1. The Morgan fingerprint density at radius 3 is 3.00 bits per heavy atom. The lowest BCUT2D eigenvalue weighted by molar-refractivity contribution is 0.103. The van der Waals surface area contributed by atoms with Gasteiger partial charge in [-0.05, 0) is 18.4 Å². The molecule has 0 spiro atoms. The van der Waals surface area contributed by atoms with Crippen molar-refractivity contribution in [3.8, 4) is 0 Å². The molecule has 3 heterocycles. The van der Waals surface area contributed by atoms with E-state index < -0.39 is 0 Å². The molecule has 0 amide bonds. The number of aryl methyl sites for hydroxylation is 1. The minimum Gasteiger partial charge on any atom is -0.312 e. The predicted octanol–water partition coefficient (Wildman–Crippen LogP) is 1.02. The van der Waals surface area contributed by atoms with Crippen LogP contribution in [0.4, 0.5) is 0 Å². The van der Waals surface area contributed by atoms with Gasteiger partial charge in [0.15, 0.2) is 5.69 Å². The molecule has 1 fully saturated rings. The maximum Gasteiger partial charge on any atom is 0.215 e. The summed E-state index contributed by atoms with van der Waals surface area (Å²) in [6.07, 6.45) is 1.74. The Hall–Kier alpha value is -1.53. The standard InChI is InChI=1S/C11H12N4OS/c1-7-9(2-3-17-7)11(16)10-6-15(14-13-10)8-4-12-5-8/h2-3,6,8,12H,4-5H2,1H3. The van der Waals surface area contributed by atoms with Gasteiger partial charge in [0.1, 0.15) is 0 Å². The quantitative estimate of drug-likeness (QED) is 0.824. The van der Waals surface area contributed by atoms with Crippen LogP contribution in [0.1, 0.15) is 27.0 Å². The van der Waals surface area contributed by atoms with Crippen LogP contribution in [0.15, 0.2) is 17.6 Å². The molecule has 0 aliphatic carbocycles. The molecule has 1 N–H and O–H groups in total. The van der Waals surface area contributed by atoms with Crippen molar-refractivity contribution in [3.05, 3.63) is 33.8 Å².